The maximum absolute atomic E-state index is 3.83. The third-order valence-corrected chi connectivity index (χ3v) is 14.4. The molecule has 0 N–H and O–H groups in total. The molecule has 0 aromatic rings. The molecule has 20 heavy (non-hydrogen) atoms. The molecule has 0 aliphatic heterocycles. The molecule has 0 aromatic heterocycles. The van der Waals surface area contributed by atoms with E-state index in [0.717, 1.165) is 5.33 Å². The molecule has 0 nitrogen and oxygen atoms in total. The average Bonchev–Trinajstić information content (AvgIpc) is 2.43. The second-order valence-corrected chi connectivity index (χ2v) is 13.9. The van der Waals surface area contributed by atoms with Crippen molar-refractivity contribution in [3.05, 3.63) is 0 Å². The predicted octanol–water partition coefficient (Wildman–Crippen LogP) is 8.27. The van der Waals surface area contributed by atoms with Crippen LogP contribution in [0.15, 0.2) is 0 Å². The Labute approximate surface area is 190 Å². The van der Waals surface area contributed by atoms with E-state index in [9.17, 15) is 0 Å². The largest absolute Gasteiger partial charge is 0.0928 e. The number of hydrogen-bond acceptors (Lipinski definition) is 0. The lowest BCUT2D eigenvalue weighted by Gasteiger charge is -2.29. The number of halogens is 8. The molecular weight excluding hydrogens is 783 g/mol. The van der Waals surface area contributed by atoms with E-state index >= 15 is 0 Å². The molecule has 0 bridgehead atoms. The van der Waals surface area contributed by atoms with E-state index < -0.39 is 0 Å². The molecule has 0 rings (SSSR count). The minimum atomic E-state index is 0.233. The van der Waals surface area contributed by atoms with Crippen molar-refractivity contribution in [2.24, 2.45) is 0 Å². The highest BCUT2D eigenvalue weighted by molar-refractivity contribution is 9.25. The molecule has 0 aromatic carbocycles. The minimum absolute atomic E-state index is 0.233. The summed E-state index contributed by atoms with van der Waals surface area (Å²) in [5, 5.41) is 1.12. The summed E-state index contributed by atoms with van der Waals surface area (Å²) < 4.78 is 0.233. The fraction of sp³-hybridized carbons (Fsp3) is 1.00. The SMILES string of the molecule is BrCCCCCCC(Br)C(Br)C(Br)C(Br)C(Br)C(Br)Br. The van der Waals surface area contributed by atoms with Crippen LogP contribution in [0, 0.1) is 0 Å². The Morgan fingerprint density at radius 1 is 0.550 bits per heavy atom. The van der Waals surface area contributed by atoms with Gasteiger partial charge in [-0.3, -0.25) is 0 Å². The topological polar surface area (TPSA) is 0 Å². The van der Waals surface area contributed by atoms with E-state index in [1.807, 2.05) is 0 Å². The Hall–Kier alpha value is 3.84. The quantitative estimate of drug-likeness (QED) is 0.146. The molecule has 0 radical (unpaired) electrons. The Morgan fingerprint density at radius 2 is 1.05 bits per heavy atom. The summed E-state index contributed by atoms with van der Waals surface area (Å²) in [7, 11) is 0. The van der Waals surface area contributed by atoms with Crippen molar-refractivity contribution in [1.82, 2.24) is 0 Å². The highest BCUT2D eigenvalue weighted by Crippen LogP contribution is 2.37. The Balaban J connectivity index is 4.11. The highest BCUT2D eigenvalue weighted by atomic mass is 79.9. The Kier molecular flexibility index (Phi) is 16.8. The van der Waals surface area contributed by atoms with Gasteiger partial charge in [-0.1, -0.05) is 147 Å². The third kappa shape index (κ3) is 9.97. The smallest absolute Gasteiger partial charge is 0.0833 e. The van der Waals surface area contributed by atoms with Gasteiger partial charge in [-0.15, -0.1) is 0 Å². The summed E-state index contributed by atoms with van der Waals surface area (Å²) in [6.07, 6.45) is 6.37. The van der Waals surface area contributed by atoms with Crippen LogP contribution in [0.4, 0.5) is 0 Å². The van der Waals surface area contributed by atoms with Gasteiger partial charge in [-0.05, 0) is 12.8 Å². The summed E-state index contributed by atoms with van der Waals surface area (Å²) >= 11 is 29.5. The zero-order valence-corrected chi connectivity index (χ0v) is 23.4. The molecule has 0 amide bonds. The first-order valence-electron chi connectivity index (χ1n) is 6.37. The maximum atomic E-state index is 3.83. The first kappa shape index (κ1) is 23.8. The molecule has 0 heterocycles. The van der Waals surface area contributed by atoms with Gasteiger partial charge in [0, 0.05) is 24.6 Å². The van der Waals surface area contributed by atoms with Crippen molar-refractivity contribution in [2.45, 2.75) is 60.0 Å². The number of rotatable bonds is 11. The van der Waals surface area contributed by atoms with Crippen LogP contribution < -0.4 is 0 Å². The molecule has 5 atom stereocenters. The van der Waals surface area contributed by atoms with Crippen LogP contribution in [0.5, 0.6) is 0 Å². The van der Waals surface area contributed by atoms with Crippen molar-refractivity contribution in [3.63, 3.8) is 0 Å². The second-order valence-electron chi connectivity index (χ2n) is 4.52. The van der Waals surface area contributed by atoms with Crippen LogP contribution >= 0.6 is 127 Å². The fourth-order valence-electron chi connectivity index (χ4n) is 1.64. The van der Waals surface area contributed by atoms with Gasteiger partial charge in [0.2, 0.25) is 0 Å². The molecule has 5 unspecified atom stereocenters. The lowest BCUT2D eigenvalue weighted by atomic mass is 10.1. The van der Waals surface area contributed by atoms with Crippen LogP contribution in [-0.4, -0.2) is 33.2 Å². The molecule has 0 aliphatic carbocycles. The predicted molar refractivity (Wildman–Crippen MR) is 122 cm³/mol. The Bertz CT molecular complexity index is 237. The summed E-state index contributed by atoms with van der Waals surface area (Å²) in [5.41, 5.74) is 0. The van der Waals surface area contributed by atoms with Crippen LogP contribution in [0.2, 0.25) is 0 Å². The van der Waals surface area contributed by atoms with Crippen molar-refractivity contribution in [2.75, 3.05) is 5.33 Å². The molecular formula is C12H18Br8. The zero-order chi connectivity index (χ0) is 15.7. The van der Waals surface area contributed by atoms with Crippen molar-refractivity contribution in [3.8, 4) is 0 Å². The molecule has 122 valence electrons. The first-order valence-corrected chi connectivity index (χ1v) is 13.9. The van der Waals surface area contributed by atoms with Gasteiger partial charge in [0.25, 0.3) is 0 Å². The number of hydrogen-bond donors (Lipinski definition) is 0. The summed E-state index contributed by atoms with van der Waals surface area (Å²) in [6.45, 7) is 0. The molecule has 0 saturated carbocycles. The minimum Gasteiger partial charge on any atom is -0.0928 e. The third-order valence-electron chi connectivity index (χ3n) is 2.86. The number of unbranched alkanes of at least 4 members (excludes halogenated alkanes) is 3. The second kappa shape index (κ2) is 14.1. The highest BCUT2D eigenvalue weighted by Gasteiger charge is 2.34. The average molecular weight is 802 g/mol. The molecule has 0 saturated heterocycles. The normalized spacial score (nSPS) is 19.6. The van der Waals surface area contributed by atoms with Gasteiger partial charge < -0.3 is 0 Å². The van der Waals surface area contributed by atoms with E-state index in [-0.39, 0.29) is 3.74 Å². The van der Waals surface area contributed by atoms with Crippen LogP contribution in [0.3, 0.4) is 0 Å². The van der Waals surface area contributed by atoms with Crippen LogP contribution in [-0.2, 0) is 0 Å². The summed E-state index contributed by atoms with van der Waals surface area (Å²) in [6, 6.07) is 0. The first-order chi connectivity index (χ1) is 9.32. The van der Waals surface area contributed by atoms with Crippen molar-refractivity contribution < 1.29 is 0 Å². The standard InChI is InChI=1S/C12H18Br8/c13-6-4-2-1-3-5-7(14)8(15)9(16)10(17)11(18)12(19)20/h7-12H,1-6H2. The van der Waals surface area contributed by atoms with E-state index in [1.54, 1.807) is 0 Å². The van der Waals surface area contributed by atoms with Gasteiger partial charge in [0.1, 0.15) is 0 Å². The van der Waals surface area contributed by atoms with Crippen molar-refractivity contribution >= 4 is 127 Å². The lowest BCUT2D eigenvalue weighted by Crippen LogP contribution is -2.37. The van der Waals surface area contributed by atoms with Gasteiger partial charge in [0.15, 0.2) is 0 Å². The monoisotopic (exact) mass is 793 g/mol. The lowest BCUT2D eigenvalue weighted by molar-refractivity contribution is 0.605. The van der Waals surface area contributed by atoms with Crippen LogP contribution in [0.1, 0.15) is 32.1 Å². The molecule has 0 aliphatic rings. The number of alkyl halides is 8. The van der Waals surface area contributed by atoms with Gasteiger partial charge in [-0.2, -0.15) is 0 Å². The zero-order valence-electron chi connectivity index (χ0n) is 10.7. The van der Waals surface area contributed by atoms with E-state index in [1.165, 1.54) is 32.1 Å². The van der Waals surface area contributed by atoms with Gasteiger partial charge in [-0.25, -0.2) is 0 Å². The summed E-state index contributed by atoms with van der Waals surface area (Å²) in [5.74, 6) is 0. The van der Waals surface area contributed by atoms with Crippen molar-refractivity contribution in [1.29, 1.82) is 0 Å². The van der Waals surface area contributed by atoms with E-state index in [4.69, 9.17) is 0 Å². The fourth-order valence-corrected chi connectivity index (χ4v) is 7.64. The van der Waals surface area contributed by atoms with Gasteiger partial charge in [0.05, 0.1) is 8.56 Å². The van der Waals surface area contributed by atoms with E-state index in [0.29, 0.717) is 24.1 Å². The molecule has 8 heteroatoms. The summed E-state index contributed by atoms with van der Waals surface area (Å²) in [4.78, 5) is 1.78. The van der Waals surface area contributed by atoms with E-state index in [2.05, 4.69) is 127 Å². The molecule has 0 spiro atoms. The maximum Gasteiger partial charge on any atom is 0.0833 e. The van der Waals surface area contributed by atoms with Gasteiger partial charge >= 0.3 is 0 Å². The Morgan fingerprint density at radius 3 is 1.55 bits per heavy atom. The van der Waals surface area contributed by atoms with Crippen LogP contribution in [0.25, 0.3) is 0 Å². The molecule has 0 fully saturated rings.